The molecule has 0 saturated heterocycles. The van der Waals surface area contributed by atoms with E-state index in [-0.39, 0.29) is 23.9 Å². The summed E-state index contributed by atoms with van der Waals surface area (Å²) in [4.78, 5) is 24.8. The Morgan fingerprint density at radius 2 is 1.83 bits per heavy atom. The Bertz CT molecular complexity index is 879. The molecule has 1 atom stereocenters. The molecule has 0 spiro atoms. The highest BCUT2D eigenvalue weighted by molar-refractivity contribution is 5.99. The van der Waals surface area contributed by atoms with E-state index in [4.69, 9.17) is 4.74 Å². The third-order valence-corrected chi connectivity index (χ3v) is 5.09. The maximum absolute atomic E-state index is 12.8. The summed E-state index contributed by atoms with van der Waals surface area (Å²) in [6.45, 7) is 3.79. The number of amides is 3. The predicted molar refractivity (Wildman–Crippen MR) is 116 cm³/mol. The van der Waals surface area contributed by atoms with Crippen LogP contribution in [0.4, 0.5) is 16.2 Å². The molecule has 0 fully saturated rings. The van der Waals surface area contributed by atoms with Crippen molar-refractivity contribution in [3.8, 4) is 5.75 Å². The lowest BCUT2D eigenvalue weighted by Gasteiger charge is -2.25. The highest BCUT2D eigenvalue weighted by Crippen LogP contribution is 2.36. The number of ether oxygens (including phenoxy) is 1. The maximum atomic E-state index is 12.8. The summed E-state index contributed by atoms with van der Waals surface area (Å²) in [5.74, 6) is 0.986. The topological polar surface area (TPSA) is 79.5 Å². The summed E-state index contributed by atoms with van der Waals surface area (Å²) in [5.41, 5.74) is 3.67. The Kier molecular flexibility index (Phi) is 6.75. The van der Waals surface area contributed by atoms with E-state index >= 15 is 0 Å². The molecular weight excluding hydrogens is 366 g/mol. The van der Waals surface area contributed by atoms with Crippen LogP contribution in [-0.2, 0) is 11.2 Å². The lowest BCUT2D eigenvalue weighted by atomic mass is 9.81. The SMILES string of the molecule is COc1ccc2c(c1)CCCC2CC(=O)Nc1ccccc1NC(=O)NC(C)C. The standard InChI is InChI=1S/C23H29N3O3/c1-15(2)24-23(28)26-21-10-5-4-9-20(21)25-22(27)14-17-8-6-7-16-13-18(29-3)11-12-19(16)17/h4-5,9-13,15,17H,6-8,14H2,1-3H3,(H,25,27)(H2,24,26,28). The molecule has 6 heteroatoms. The molecular formula is C23H29N3O3. The first kappa shape index (κ1) is 20.7. The van der Waals surface area contributed by atoms with Gasteiger partial charge >= 0.3 is 6.03 Å². The van der Waals surface area contributed by atoms with Crippen molar-refractivity contribution in [2.24, 2.45) is 0 Å². The van der Waals surface area contributed by atoms with Crippen molar-refractivity contribution in [3.63, 3.8) is 0 Å². The van der Waals surface area contributed by atoms with Gasteiger partial charge in [-0.15, -0.1) is 0 Å². The van der Waals surface area contributed by atoms with Crippen molar-refractivity contribution in [2.45, 2.75) is 51.5 Å². The van der Waals surface area contributed by atoms with Gasteiger partial charge < -0.3 is 20.7 Å². The number of hydrogen-bond acceptors (Lipinski definition) is 3. The Hall–Kier alpha value is -3.02. The van der Waals surface area contributed by atoms with E-state index in [2.05, 4.69) is 28.1 Å². The number of carbonyl (C=O) groups is 2. The minimum Gasteiger partial charge on any atom is -0.497 e. The van der Waals surface area contributed by atoms with Crippen LogP contribution >= 0.6 is 0 Å². The number of para-hydroxylation sites is 2. The van der Waals surface area contributed by atoms with Crippen molar-refractivity contribution >= 4 is 23.3 Å². The van der Waals surface area contributed by atoms with Crippen LogP contribution in [0.3, 0.4) is 0 Å². The quantitative estimate of drug-likeness (QED) is 0.665. The normalized spacial score (nSPS) is 15.4. The summed E-state index contributed by atoms with van der Waals surface area (Å²) in [6.07, 6.45) is 3.48. The third kappa shape index (κ3) is 5.50. The first-order valence-corrected chi connectivity index (χ1v) is 10.1. The lowest BCUT2D eigenvalue weighted by molar-refractivity contribution is -0.116. The average molecular weight is 396 g/mol. The number of methoxy groups -OCH3 is 1. The summed E-state index contributed by atoms with van der Waals surface area (Å²) in [7, 11) is 1.67. The highest BCUT2D eigenvalue weighted by Gasteiger charge is 2.23. The molecule has 0 radical (unpaired) electrons. The van der Waals surface area contributed by atoms with Crippen molar-refractivity contribution in [1.82, 2.24) is 5.32 Å². The van der Waals surface area contributed by atoms with Crippen molar-refractivity contribution in [2.75, 3.05) is 17.7 Å². The van der Waals surface area contributed by atoms with E-state index in [0.29, 0.717) is 17.8 Å². The molecule has 0 heterocycles. The number of carbonyl (C=O) groups excluding carboxylic acids is 2. The van der Waals surface area contributed by atoms with Gasteiger partial charge in [-0.2, -0.15) is 0 Å². The minimum absolute atomic E-state index is 0.0294. The third-order valence-electron chi connectivity index (χ3n) is 5.09. The molecule has 154 valence electrons. The fourth-order valence-corrected chi connectivity index (χ4v) is 3.78. The zero-order valence-electron chi connectivity index (χ0n) is 17.2. The molecule has 0 aromatic heterocycles. The van der Waals surface area contributed by atoms with E-state index in [1.54, 1.807) is 19.2 Å². The van der Waals surface area contributed by atoms with E-state index < -0.39 is 0 Å². The maximum Gasteiger partial charge on any atom is 0.319 e. The fraction of sp³-hybridized carbons (Fsp3) is 0.391. The van der Waals surface area contributed by atoms with Gasteiger partial charge in [0, 0.05) is 12.5 Å². The van der Waals surface area contributed by atoms with E-state index in [1.807, 2.05) is 32.0 Å². The summed E-state index contributed by atoms with van der Waals surface area (Å²) in [6, 6.07) is 13.1. The van der Waals surface area contributed by atoms with Crippen LogP contribution in [0.5, 0.6) is 5.75 Å². The number of benzene rings is 2. The molecule has 1 aliphatic rings. The summed E-state index contributed by atoms with van der Waals surface area (Å²) < 4.78 is 5.33. The molecule has 3 rings (SSSR count). The molecule has 3 N–H and O–H groups in total. The van der Waals surface area contributed by atoms with Crippen LogP contribution in [0.25, 0.3) is 0 Å². The summed E-state index contributed by atoms with van der Waals surface area (Å²) in [5, 5.41) is 8.55. The van der Waals surface area contributed by atoms with Crippen LogP contribution in [0.15, 0.2) is 42.5 Å². The molecule has 0 bridgehead atoms. The lowest BCUT2D eigenvalue weighted by Crippen LogP contribution is -2.34. The van der Waals surface area contributed by atoms with Crippen LogP contribution in [0.1, 0.15) is 50.2 Å². The smallest absolute Gasteiger partial charge is 0.319 e. The number of rotatable bonds is 6. The molecule has 0 aliphatic heterocycles. The van der Waals surface area contributed by atoms with Gasteiger partial charge in [0.15, 0.2) is 0 Å². The highest BCUT2D eigenvalue weighted by atomic mass is 16.5. The molecule has 2 aromatic carbocycles. The number of anilines is 2. The Morgan fingerprint density at radius 3 is 2.52 bits per heavy atom. The molecule has 2 aromatic rings. The van der Waals surface area contributed by atoms with Gasteiger partial charge in [0.05, 0.1) is 18.5 Å². The van der Waals surface area contributed by atoms with Gasteiger partial charge in [-0.1, -0.05) is 18.2 Å². The first-order chi connectivity index (χ1) is 14.0. The van der Waals surface area contributed by atoms with Crippen LogP contribution in [-0.4, -0.2) is 25.1 Å². The van der Waals surface area contributed by atoms with Gasteiger partial charge in [0.2, 0.25) is 5.91 Å². The molecule has 0 saturated carbocycles. The van der Waals surface area contributed by atoms with Gasteiger partial charge in [-0.3, -0.25) is 4.79 Å². The number of urea groups is 1. The molecule has 6 nitrogen and oxygen atoms in total. The van der Waals surface area contributed by atoms with Crippen molar-refractivity contribution < 1.29 is 14.3 Å². The van der Waals surface area contributed by atoms with Gasteiger partial charge in [0.1, 0.15) is 5.75 Å². The monoisotopic (exact) mass is 395 g/mol. The van der Waals surface area contributed by atoms with Gasteiger partial charge in [-0.05, 0) is 74.4 Å². The molecule has 1 aliphatic carbocycles. The van der Waals surface area contributed by atoms with Crippen LogP contribution < -0.4 is 20.7 Å². The Balaban J connectivity index is 1.67. The van der Waals surface area contributed by atoms with E-state index in [1.165, 1.54) is 11.1 Å². The van der Waals surface area contributed by atoms with Crippen molar-refractivity contribution in [3.05, 3.63) is 53.6 Å². The van der Waals surface area contributed by atoms with Crippen molar-refractivity contribution in [1.29, 1.82) is 0 Å². The second-order valence-electron chi connectivity index (χ2n) is 7.70. The second-order valence-corrected chi connectivity index (χ2v) is 7.70. The van der Waals surface area contributed by atoms with Gasteiger partial charge in [0.25, 0.3) is 0 Å². The molecule has 1 unspecified atom stereocenters. The predicted octanol–water partition coefficient (Wildman–Crippen LogP) is 4.67. The number of fused-ring (bicyclic) bond motifs is 1. The number of aryl methyl sites for hydroxylation is 1. The Morgan fingerprint density at radius 1 is 1.10 bits per heavy atom. The van der Waals surface area contributed by atoms with E-state index in [0.717, 1.165) is 25.0 Å². The number of nitrogens with one attached hydrogen (secondary N) is 3. The Labute approximate surface area is 172 Å². The van der Waals surface area contributed by atoms with Gasteiger partial charge in [-0.25, -0.2) is 4.79 Å². The zero-order valence-corrected chi connectivity index (χ0v) is 17.2. The molecule has 3 amide bonds. The zero-order chi connectivity index (χ0) is 20.8. The fourth-order valence-electron chi connectivity index (χ4n) is 3.78. The largest absolute Gasteiger partial charge is 0.497 e. The number of hydrogen-bond donors (Lipinski definition) is 3. The van der Waals surface area contributed by atoms with Crippen LogP contribution in [0, 0.1) is 0 Å². The van der Waals surface area contributed by atoms with Crippen LogP contribution in [0.2, 0.25) is 0 Å². The second kappa shape index (κ2) is 9.45. The minimum atomic E-state index is -0.295. The average Bonchev–Trinajstić information content (AvgIpc) is 2.68. The first-order valence-electron chi connectivity index (χ1n) is 10.1. The van der Waals surface area contributed by atoms with E-state index in [9.17, 15) is 9.59 Å². The molecule has 29 heavy (non-hydrogen) atoms. The summed E-state index contributed by atoms with van der Waals surface area (Å²) >= 11 is 0.